The smallest absolute Gasteiger partial charge is 0.231 e. The molecule has 0 saturated heterocycles. The summed E-state index contributed by atoms with van der Waals surface area (Å²) >= 11 is 2.74. The van der Waals surface area contributed by atoms with Gasteiger partial charge in [0, 0.05) is 0 Å². The van der Waals surface area contributed by atoms with Crippen LogP contribution in [0.1, 0.15) is 0 Å². The molecule has 4 heterocycles. The summed E-state index contributed by atoms with van der Waals surface area (Å²) in [7, 11) is 1.61. The van der Waals surface area contributed by atoms with Crippen LogP contribution in [0.5, 0.6) is 5.75 Å². The van der Waals surface area contributed by atoms with E-state index in [9.17, 15) is 0 Å². The summed E-state index contributed by atoms with van der Waals surface area (Å²) in [5.74, 6) is 0.934. The maximum Gasteiger partial charge on any atom is 0.231 e. The van der Waals surface area contributed by atoms with Crippen LogP contribution >= 0.6 is 22.7 Å². The quantitative estimate of drug-likeness (QED) is 0.249. The summed E-state index contributed by atoms with van der Waals surface area (Å²) in [5.41, 5.74) is 20.7. The summed E-state index contributed by atoms with van der Waals surface area (Å²) in [6.07, 6.45) is 0. The van der Waals surface area contributed by atoms with Crippen LogP contribution in [0.2, 0.25) is 0 Å². The number of aromatic nitrogens is 5. The first-order valence-electron chi connectivity index (χ1n) is 10.4. The number of para-hydroxylation sites is 1. The van der Waals surface area contributed by atoms with E-state index < -0.39 is 0 Å². The first kappa shape index (κ1) is 21.8. The highest BCUT2D eigenvalue weighted by Crippen LogP contribution is 2.38. The van der Waals surface area contributed by atoms with Gasteiger partial charge in [-0.15, -0.1) is 25.6 Å². The molecule has 2 aromatic carbocycles. The van der Waals surface area contributed by atoms with E-state index in [1.807, 2.05) is 42.5 Å². The highest BCUT2D eigenvalue weighted by atomic mass is 32.1. The Bertz CT molecular complexity index is 1800. The number of nitrogens with zero attached hydrogens (tertiary/aromatic N) is 9. The van der Waals surface area contributed by atoms with Crippen molar-refractivity contribution in [3.63, 3.8) is 0 Å². The summed E-state index contributed by atoms with van der Waals surface area (Å²) < 4.78 is 8.45. The number of hydrogen-bond acceptors (Lipinski definition) is 14. The van der Waals surface area contributed by atoms with Gasteiger partial charge in [-0.05, 0) is 30.3 Å². The van der Waals surface area contributed by atoms with Gasteiger partial charge in [-0.25, -0.2) is 15.0 Å². The van der Waals surface area contributed by atoms with Crippen LogP contribution in [-0.2, 0) is 0 Å². The summed E-state index contributed by atoms with van der Waals surface area (Å²) in [6, 6.07) is 13.2. The van der Waals surface area contributed by atoms with Crippen molar-refractivity contribution < 1.29 is 4.74 Å². The van der Waals surface area contributed by atoms with E-state index in [0.717, 1.165) is 26.2 Å². The lowest BCUT2D eigenvalue weighted by Crippen LogP contribution is -2.04. The zero-order chi connectivity index (χ0) is 24.8. The number of ether oxygens (including phenoxy) is 1. The van der Waals surface area contributed by atoms with Gasteiger partial charge in [-0.2, -0.15) is 4.52 Å². The molecule has 0 amide bonds. The molecule has 0 aliphatic rings. The van der Waals surface area contributed by atoms with Crippen LogP contribution in [0.25, 0.3) is 26.1 Å². The molecule has 13 nitrogen and oxygen atoms in total. The number of azo groups is 2. The molecule has 0 fully saturated rings. The minimum Gasteiger partial charge on any atom is -0.497 e. The molecule has 36 heavy (non-hydrogen) atoms. The Morgan fingerprint density at radius 2 is 1.47 bits per heavy atom. The van der Waals surface area contributed by atoms with Gasteiger partial charge in [0.25, 0.3) is 0 Å². The SMILES string of the molecule is COc1ccc2nc(N=Nc3c(N)nn4c(N)c(N=Nc5nc6ccccc6s5)c(N)nc34)sc2c1. The molecule has 0 saturated carbocycles. The normalized spacial score (nSPS) is 12.1. The second-order valence-electron chi connectivity index (χ2n) is 7.39. The predicted octanol–water partition coefficient (Wildman–Crippen LogP) is 5.53. The molecule has 0 unspecified atom stereocenters. The molecule has 6 aromatic rings. The van der Waals surface area contributed by atoms with Gasteiger partial charge in [0.2, 0.25) is 10.3 Å². The van der Waals surface area contributed by atoms with Crippen molar-refractivity contribution in [1.29, 1.82) is 0 Å². The van der Waals surface area contributed by atoms with Crippen LogP contribution in [0, 0.1) is 0 Å². The van der Waals surface area contributed by atoms with E-state index in [1.54, 1.807) is 7.11 Å². The van der Waals surface area contributed by atoms with Crippen LogP contribution in [0.4, 0.5) is 39.1 Å². The molecule has 15 heteroatoms. The molecule has 6 N–H and O–H groups in total. The van der Waals surface area contributed by atoms with Crippen molar-refractivity contribution in [3.8, 4) is 5.75 Å². The Labute approximate surface area is 210 Å². The average molecular weight is 517 g/mol. The molecule has 0 aliphatic heterocycles. The monoisotopic (exact) mass is 516 g/mol. The van der Waals surface area contributed by atoms with Crippen molar-refractivity contribution in [1.82, 2.24) is 24.6 Å². The summed E-state index contributed by atoms with van der Waals surface area (Å²) in [6.45, 7) is 0. The molecular weight excluding hydrogens is 500 g/mol. The van der Waals surface area contributed by atoms with Gasteiger partial charge in [0.05, 0.1) is 27.5 Å². The fourth-order valence-electron chi connectivity index (χ4n) is 3.43. The van der Waals surface area contributed by atoms with E-state index in [2.05, 4.69) is 40.5 Å². The third kappa shape index (κ3) is 3.71. The Hall–Kier alpha value is -4.76. The van der Waals surface area contributed by atoms with E-state index in [0.29, 0.717) is 10.3 Å². The van der Waals surface area contributed by atoms with Gasteiger partial charge in [0.15, 0.2) is 34.5 Å². The topological polar surface area (TPSA) is 193 Å². The van der Waals surface area contributed by atoms with Crippen molar-refractivity contribution in [2.45, 2.75) is 0 Å². The van der Waals surface area contributed by atoms with Gasteiger partial charge >= 0.3 is 0 Å². The summed E-state index contributed by atoms with van der Waals surface area (Å²) in [5, 5.41) is 21.9. The maximum absolute atomic E-state index is 6.29. The highest BCUT2D eigenvalue weighted by molar-refractivity contribution is 7.22. The zero-order valence-electron chi connectivity index (χ0n) is 18.5. The van der Waals surface area contributed by atoms with Gasteiger partial charge in [-0.1, -0.05) is 34.8 Å². The molecule has 4 aromatic heterocycles. The fraction of sp³-hybridized carbons (Fsp3) is 0.0476. The van der Waals surface area contributed by atoms with Gasteiger partial charge < -0.3 is 21.9 Å². The van der Waals surface area contributed by atoms with Gasteiger partial charge in [0.1, 0.15) is 5.75 Å². The largest absolute Gasteiger partial charge is 0.497 e. The number of thiazole rings is 2. The molecule has 0 atom stereocenters. The number of benzene rings is 2. The number of hydrogen-bond donors (Lipinski definition) is 3. The first-order chi connectivity index (χ1) is 17.5. The van der Waals surface area contributed by atoms with E-state index in [4.69, 9.17) is 21.9 Å². The van der Waals surface area contributed by atoms with Crippen molar-refractivity contribution in [3.05, 3.63) is 42.5 Å². The summed E-state index contributed by atoms with van der Waals surface area (Å²) in [4.78, 5) is 13.2. The highest BCUT2D eigenvalue weighted by Gasteiger charge is 2.19. The Morgan fingerprint density at radius 3 is 2.22 bits per heavy atom. The number of anilines is 3. The van der Waals surface area contributed by atoms with Crippen molar-refractivity contribution >= 4 is 87.8 Å². The Morgan fingerprint density at radius 1 is 0.778 bits per heavy atom. The first-order valence-corrected chi connectivity index (χ1v) is 12.0. The Kier molecular flexibility index (Phi) is 5.12. The maximum atomic E-state index is 6.29. The number of rotatable bonds is 5. The Balaban J connectivity index is 1.35. The zero-order valence-corrected chi connectivity index (χ0v) is 20.2. The second kappa shape index (κ2) is 8.47. The molecule has 178 valence electrons. The predicted molar refractivity (Wildman–Crippen MR) is 140 cm³/mol. The number of nitrogen functional groups attached to an aromatic ring is 3. The van der Waals surface area contributed by atoms with Crippen molar-refractivity contribution in [2.75, 3.05) is 24.3 Å². The lowest BCUT2D eigenvalue weighted by atomic mass is 10.3. The molecule has 6 rings (SSSR count). The number of fused-ring (bicyclic) bond motifs is 3. The van der Waals surface area contributed by atoms with Gasteiger partial charge in [-0.3, -0.25) is 0 Å². The minimum atomic E-state index is 0.0355. The van der Waals surface area contributed by atoms with Crippen LogP contribution in [0.15, 0.2) is 62.9 Å². The van der Waals surface area contributed by atoms with Crippen LogP contribution < -0.4 is 21.9 Å². The molecule has 0 bridgehead atoms. The lowest BCUT2D eigenvalue weighted by molar-refractivity contribution is 0.415. The van der Waals surface area contributed by atoms with Crippen LogP contribution in [-0.4, -0.2) is 31.7 Å². The average Bonchev–Trinajstić information content (AvgIpc) is 3.56. The lowest BCUT2D eigenvalue weighted by Gasteiger charge is -2.04. The van der Waals surface area contributed by atoms with E-state index in [-0.39, 0.29) is 34.5 Å². The number of methoxy groups -OCH3 is 1. The van der Waals surface area contributed by atoms with Crippen molar-refractivity contribution in [2.24, 2.45) is 20.5 Å². The third-order valence-corrected chi connectivity index (χ3v) is 6.96. The standard InChI is InChI=1S/C21H16N12OS2/c1-34-9-6-7-11-13(8-9)36-21(26-11)31-29-15-17(23)32-33-18(24)14(16(22)27-19(15)33)28-30-20-25-10-4-2-3-5-12(10)35-20/h2-8H,24H2,1H3,(H2,22,27)(H2,23,32). The van der Waals surface area contributed by atoms with E-state index in [1.165, 1.54) is 27.2 Å². The molecular formula is C21H16N12OS2. The fourth-order valence-corrected chi connectivity index (χ4v) is 5.04. The third-order valence-electron chi connectivity index (χ3n) is 5.14. The molecule has 0 spiro atoms. The number of nitrogens with two attached hydrogens (primary N) is 3. The van der Waals surface area contributed by atoms with E-state index >= 15 is 0 Å². The molecule has 0 aliphatic carbocycles. The van der Waals surface area contributed by atoms with Crippen LogP contribution in [0.3, 0.4) is 0 Å². The molecule has 0 radical (unpaired) electrons. The second-order valence-corrected chi connectivity index (χ2v) is 9.41. The minimum absolute atomic E-state index is 0.0355.